The minimum Gasteiger partial charge on any atom is -0.355 e. The number of carbonyl (C=O) groups is 1. The number of benzene rings is 1. The van der Waals surface area contributed by atoms with E-state index in [2.05, 4.69) is 26.6 Å². The van der Waals surface area contributed by atoms with Crippen molar-refractivity contribution in [2.45, 2.75) is 26.4 Å². The third kappa shape index (κ3) is 4.33. The van der Waals surface area contributed by atoms with Gasteiger partial charge in [0.2, 0.25) is 5.91 Å². The van der Waals surface area contributed by atoms with Crippen LogP contribution < -0.4 is 10.6 Å². The van der Waals surface area contributed by atoms with Gasteiger partial charge >= 0.3 is 0 Å². The van der Waals surface area contributed by atoms with Crippen LogP contribution in [0.1, 0.15) is 19.4 Å². The van der Waals surface area contributed by atoms with Crippen molar-refractivity contribution in [1.82, 2.24) is 10.6 Å². The van der Waals surface area contributed by atoms with Gasteiger partial charge in [-0.3, -0.25) is 4.79 Å². The molecule has 1 atom stereocenters. The molecule has 88 valence electrons. The monoisotopic (exact) mass is 284 g/mol. The molecule has 0 radical (unpaired) electrons. The predicted octanol–water partition coefficient (Wildman–Crippen LogP) is 2.06. The summed E-state index contributed by atoms with van der Waals surface area (Å²) in [5.74, 6) is 0.0393. The summed E-state index contributed by atoms with van der Waals surface area (Å²) in [5, 5.41) is 5.96. The predicted molar refractivity (Wildman–Crippen MR) is 69.1 cm³/mol. The highest BCUT2D eigenvalue weighted by Gasteiger charge is 2.10. The maximum absolute atomic E-state index is 11.4. The van der Waals surface area contributed by atoms with E-state index in [9.17, 15) is 4.79 Å². The van der Waals surface area contributed by atoms with Crippen molar-refractivity contribution in [1.29, 1.82) is 0 Å². The molecule has 16 heavy (non-hydrogen) atoms. The van der Waals surface area contributed by atoms with Gasteiger partial charge in [-0.2, -0.15) is 0 Å². The van der Waals surface area contributed by atoms with E-state index in [4.69, 9.17) is 0 Å². The fourth-order valence-corrected chi connectivity index (χ4v) is 1.78. The Morgan fingerprint density at radius 2 is 2.25 bits per heavy atom. The maximum atomic E-state index is 11.4. The van der Waals surface area contributed by atoms with Crippen LogP contribution in [0.3, 0.4) is 0 Å². The number of hydrogen-bond donors (Lipinski definition) is 2. The summed E-state index contributed by atoms with van der Waals surface area (Å²) in [5.41, 5.74) is 1.16. The van der Waals surface area contributed by atoms with E-state index in [1.54, 1.807) is 0 Å². The summed E-state index contributed by atoms with van der Waals surface area (Å²) in [6.45, 7) is 5.14. The average Bonchev–Trinajstić information content (AvgIpc) is 2.26. The van der Waals surface area contributed by atoms with Gasteiger partial charge in [0.1, 0.15) is 0 Å². The number of nitrogens with one attached hydrogen (secondary N) is 2. The van der Waals surface area contributed by atoms with Crippen LogP contribution in [-0.2, 0) is 11.3 Å². The number of carbonyl (C=O) groups excluding carboxylic acids is 1. The van der Waals surface area contributed by atoms with Crippen LogP contribution in [0.2, 0.25) is 0 Å². The minimum absolute atomic E-state index is 0.0393. The van der Waals surface area contributed by atoms with Gasteiger partial charge in [0.15, 0.2) is 0 Å². The number of halogens is 1. The molecule has 0 bridgehead atoms. The third-order valence-corrected chi connectivity index (χ3v) is 2.74. The molecule has 0 saturated heterocycles. The molecule has 1 unspecified atom stereocenters. The zero-order valence-corrected chi connectivity index (χ0v) is 11.2. The molecule has 0 aliphatic heterocycles. The Hall–Kier alpha value is -0.870. The Morgan fingerprint density at radius 3 is 2.88 bits per heavy atom. The summed E-state index contributed by atoms with van der Waals surface area (Å²) >= 11 is 3.42. The van der Waals surface area contributed by atoms with Gasteiger partial charge in [-0.25, -0.2) is 0 Å². The van der Waals surface area contributed by atoms with Crippen molar-refractivity contribution in [3.05, 3.63) is 34.3 Å². The highest BCUT2D eigenvalue weighted by molar-refractivity contribution is 9.10. The smallest absolute Gasteiger partial charge is 0.236 e. The largest absolute Gasteiger partial charge is 0.355 e. The maximum Gasteiger partial charge on any atom is 0.236 e. The lowest BCUT2D eigenvalue weighted by Gasteiger charge is -2.13. The molecule has 0 fully saturated rings. The summed E-state index contributed by atoms with van der Waals surface area (Å²) in [4.78, 5) is 11.4. The van der Waals surface area contributed by atoms with E-state index in [1.807, 2.05) is 38.1 Å². The zero-order valence-electron chi connectivity index (χ0n) is 9.59. The summed E-state index contributed by atoms with van der Waals surface area (Å²) in [7, 11) is 0. The van der Waals surface area contributed by atoms with Crippen LogP contribution in [0.15, 0.2) is 28.7 Å². The van der Waals surface area contributed by atoms with Crippen LogP contribution in [0, 0.1) is 0 Å². The zero-order chi connectivity index (χ0) is 12.0. The lowest BCUT2D eigenvalue weighted by atomic mass is 10.2. The van der Waals surface area contributed by atoms with Crippen LogP contribution >= 0.6 is 15.9 Å². The molecule has 0 aliphatic carbocycles. The first kappa shape index (κ1) is 13.2. The summed E-state index contributed by atoms with van der Waals surface area (Å²) < 4.78 is 1.05. The van der Waals surface area contributed by atoms with Crippen LogP contribution in [0.5, 0.6) is 0 Å². The van der Waals surface area contributed by atoms with Crippen molar-refractivity contribution >= 4 is 21.8 Å². The van der Waals surface area contributed by atoms with Crippen molar-refractivity contribution in [3.63, 3.8) is 0 Å². The van der Waals surface area contributed by atoms with Gasteiger partial charge in [0.05, 0.1) is 6.04 Å². The first-order valence-electron chi connectivity index (χ1n) is 5.39. The molecule has 0 heterocycles. The standard InChI is InChI=1S/C12H17BrN2O/c1-3-14-12(16)9(2)15-8-10-5-4-6-11(13)7-10/h4-7,9,15H,3,8H2,1-2H3,(H,14,16). The van der Waals surface area contributed by atoms with Crippen molar-refractivity contribution in [2.24, 2.45) is 0 Å². The molecule has 0 aliphatic rings. The summed E-state index contributed by atoms with van der Waals surface area (Å²) in [6, 6.07) is 7.87. The lowest BCUT2D eigenvalue weighted by Crippen LogP contribution is -2.41. The second-order valence-electron chi connectivity index (χ2n) is 3.63. The van der Waals surface area contributed by atoms with Gasteiger partial charge in [0.25, 0.3) is 0 Å². The molecule has 1 amide bonds. The molecule has 1 rings (SSSR count). The molecule has 1 aromatic carbocycles. The summed E-state index contributed by atoms with van der Waals surface area (Å²) in [6.07, 6.45) is 0. The van der Waals surface area contributed by atoms with Gasteiger partial charge in [-0.1, -0.05) is 28.1 Å². The third-order valence-electron chi connectivity index (χ3n) is 2.25. The van der Waals surface area contributed by atoms with Crippen LogP contribution in [0.25, 0.3) is 0 Å². The highest BCUT2D eigenvalue weighted by Crippen LogP contribution is 2.11. The fourth-order valence-electron chi connectivity index (χ4n) is 1.34. The molecule has 1 aromatic rings. The lowest BCUT2D eigenvalue weighted by molar-refractivity contribution is -0.122. The molecular weight excluding hydrogens is 268 g/mol. The number of rotatable bonds is 5. The number of likely N-dealkylation sites (N-methyl/N-ethyl adjacent to an activating group) is 1. The van der Waals surface area contributed by atoms with E-state index in [0.717, 1.165) is 10.0 Å². The van der Waals surface area contributed by atoms with Crippen LogP contribution in [0.4, 0.5) is 0 Å². The number of hydrogen-bond acceptors (Lipinski definition) is 2. The van der Waals surface area contributed by atoms with Crippen molar-refractivity contribution < 1.29 is 4.79 Å². The molecule has 3 nitrogen and oxygen atoms in total. The SMILES string of the molecule is CCNC(=O)C(C)NCc1cccc(Br)c1. The Morgan fingerprint density at radius 1 is 1.50 bits per heavy atom. The Balaban J connectivity index is 2.42. The topological polar surface area (TPSA) is 41.1 Å². The van der Waals surface area contributed by atoms with E-state index in [-0.39, 0.29) is 11.9 Å². The van der Waals surface area contributed by atoms with E-state index < -0.39 is 0 Å². The molecule has 0 spiro atoms. The van der Waals surface area contributed by atoms with Crippen molar-refractivity contribution in [3.8, 4) is 0 Å². The van der Waals surface area contributed by atoms with E-state index >= 15 is 0 Å². The molecule has 0 saturated carbocycles. The number of amides is 1. The normalized spacial score (nSPS) is 12.2. The fraction of sp³-hybridized carbons (Fsp3) is 0.417. The Bertz CT molecular complexity index is 355. The van der Waals surface area contributed by atoms with Gasteiger partial charge in [-0.15, -0.1) is 0 Å². The highest BCUT2D eigenvalue weighted by atomic mass is 79.9. The van der Waals surface area contributed by atoms with Gasteiger partial charge < -0.3 is 10.6 Å². The molecule has 0 aromatic heterocycles. The van der Waals surface area contributed by atoms with Gasteiger partial charge in [-0.05, 0) is 31.5 Å². The van der Waals surface area contributed by atoms with E-state index in [0.29, 0.717) is 13.1 Å². The quantitative estimate of drug-likeness (QED) is 0.869. The first-order valence-corrected chi connectivity index (χ1v) is 6.18. The van der Waals surface area contributed by atoms with Crippen LogP contribution in [-0.4, -0.2) is 18.5 Å². The van der Waals surface area contributed by atoms with Gasteiger partial charge in [0, 0.05) is 17.6 Å². The van der Waals surface area contributed by atoms with E-state index in [1.165, 1.54) is 0 Å². The Kier molecular flexibility index (Phi) is 5.49. The second-order valence-corrected chi connectivity index (χ2v) is 4.54. The molecular formula is C12H17BrN2O. The molecule has 4 heteroatoms. The molecule has 2 N–H and O–H groups in total. The minimum atomic E-state index is -0.168. The Labute approximate surface area is 105 Å². The average molecular weight is 285 g/mol. The first-order chi connectivity index (χ1) is 7.63. The second kappa shape index (κ2) is 6.66. The van der Waals surface area contributed by atoms with Crippen molar-refractivity contribution in [2.75, 3.05) is 6.54 Å².